The zero-order valence-corrected chi connectivity index (χ0v) is 12.0. The van der Waals surface area contributed by atoms with Gasteiger partial charge in [0.15, 0.2) is 17.3 Å². The van der Waals surface area contributed by atoms with Crippen LogP contribution in [0.1, 0.15) is 13.3 Å². The van der Waals surface area contributed by atoms with E-state index in [4.69, 9.17) is 5.11 Å². The maximum absolute atomic E-state index is 12.5. The number of aryl methyl sites for hydroxylation is 2. The lowest BCUT2D eigenvalue weighted by Crippen LogP contribution is -2.45. The standard InChI is InChI=1S/C12H15F3N4O3/c1-3-4-18-6-16-9-8(18)10(21)19(11(22)17(9)2)5-7(20)12(13,14)15/h6-7,20H,3-5H2,1-2H3/t7-/m1/s1. The van der Waals surface area contributed by atoms with E-state index < -0.39 is 30.1 Å². The van der Waals surface area contributed by atoms with Crippen LogP contribution < -0.4 is 11.2 Å². The van der Waals surface area contributed by atoms with E-state index in [9.17, 15) is 22.8 Å². The maximum atomic E-state index is 12.5. The molecule has 0 bridgehead atoms. The SMILES string of the molecule is CCCn1cnc2c1c(=O)n(C[C@@H](O)C(F)(F)F)c(=O)n2C. The van der Waals surface area contributed by atoms with Crippen LogP contribution in [0.2, 0.25) is 0 Å². The van der Waals surface area contributed by atoms with E-state index in [1.54, 1.807) is 0 Å². The van der Waals surface area contributed by atoms with Gasteiger partial charge in [-0.3, -0.25) is 13.9 Å². The van der Waals surface area contributed by atoms with Crippen LogP contribution in [-0.2, 0) is 20.1 Å². The van der Waals surface area contributed by atoms with Gasteiger partial charge < -0.3 is 9.67 Å². The largest absolute Gasteiger partial charge is 0.416 e. The number of fused-ring (bicyclic) bond motifs is 1. The van der Waals surface area contributed by atoms with Crippen LogP contribution in [0.15, 0.2) is 15.9 Å². The molecule has 1 atom stereocenters. The molecule has 0 saturated heterocycles. The van der Waals surface area contributed by atoms with Crippen LogP contribution in [0.3, 0.4) is 0 Å². The van der Waals surface area contributed by atoms with Gasteiger partial charge in [-0.1, -0.05) is 6.92 Å². The summed E-state index contributed by atoms with van der Waals surface area (Å²) < 4.78 is 40.2. The summed E-state index contributed by atoms with van der Waals surface area (Å²) in [5.41, 5.74) is -1.71. The van der Waals surface area contributed by atoms with Crippen molar-refractivity contribution in [3.05, 3.63) is 27.2 Å². The molecule has 122 valence electrons. The predicted octanol–water partition coefficient (Wildman–Crippen LogP) is 0.230. The number of hydrogen-bond acceptors (Lipinski definition) is 4. The minimum Gasteiger partial charge on any atom is -0.382 e. The molecule has 0 amide bonds. The van der Waals surface area contributed by atoms with Crippen LogP contribution >= 0.6 is 0 Å². The normalized spacial score (nSPS) is 13.7. The number of aliphatic hydroxyl groups is 1. The minimum atomic E-state index is -4.91. The van der Waals surface area contributed by atoms with E-state index in [1.807, 2.05) is 6.92 Å². The zero-order valence-electron chi connectivity index (χ0n) is 12.0. The summed E-state index contributed by atoms with van der Waals surface area (Å²) in [6.07, 6.45) is -5.67. The molecule has 2 rings (SSSR count). The molecule has 2 heterocycles. The van der Waals surface area contributed by atoms with E-state index in [2.05, 4.69) is 4.98 Å². The van der Waals surface area contributed by atoms with Crippen molar-refractivity contribution in [3.8, 4) is 0 Å². The molecular formula is C12H15F3N4O3. The quantitative estimate of drug-likeness (QED) is 0.874. The molecule has 7 nitrogen and oxygen atoms in total. The summed E-state index contributed by atoms with van der Waals surface area (Å²) in [6, 6.07) is 0. The third kappa shape index (κ3) is 2.65. The van der Waals surface area contributed by atoms with Gasteiger partial charge in [-0.25, -0.2) is 9.78 Å². The van der Waals surface area contributed by atoms with E-state index in [0.717, 1.165) is 4.57 Å². The van der Waals surface area contributed by atoms with Gasteiger partial charge in [0.05, 0.1) is 12.9 Å². The molecule has 2 aromatic heterocycles. The van der Waals surface area contributed by atoms with E-state index >= 15 is 0 Å². The smallest absolute Gasteiger partial charge is 0.382 e. The number of alkyl halides is 3. The molecule has 0 aromatic carbocycles. The average Bonchev–Trinajstić information content (AvgIpc) is 2.84. The highest BCUT2D eigenvalue weighted by molar-refractivity contribution is 5.69. The summed E-state index contributed by atoms with van der Waals surface area (Å²) >= 11 is 0. The number of nitrogens with zero attached hydrogens (tertiary/aromatic N) is 4. The van der Waals surface area contributed by atoms with Crippen molar-refractivity contribution in [1.29, 1.82) is 0 Å². The molecule has 0 radical (unpaired) electrons. The number of imidazole rings is 1. The van der Waals surface area contributed by atoms with Crippen LogP contribution in [0, 0.1) is 0 Å². The number of aromatic nitrogens is 4. The van der Waals surface area contributed by atoms with Crippen molar-refractivity contribution in [3.63, 3.8) is 0 Å². The second kappa shape index (κ2) is 5.59. The number of halogens is 3. The van der Waals surface area contributed by atoms with Crippen LogP contribution in [-0.4, -0.2) is 36.1 Å². The molecule has 0 fully saturated rings. The van der Waals surface area contributed by atoms with Crippen molar-refractivity contribution >= 4 is 11.2 Å². The van der Waals surface area contributed by atoms with Gasteiger partial charge in [0, 0.05) is 13.6 Å². The maximum Gasteiger partial charge on any atom is 0.416 e. The number of rotatable bonds is 4. The topological polar surface area (TPSA) is 82.1 Å². The number of hydrogen-bond donors (Lipinski definition) is 1. The van der Waals surface area contributed by atoms with E-state index in [-0.39, 0.29) is 11.2 Å². The summed E-state index contributed by atoms with van der Waals surface area (Å²) in [5, 5.41) is 9.12. The summed E-state index contributed by atoms with van der Waals surface area (Å²) in [7, 11) is 1.31. The fourth-order valence-corrected chi connectivity index (χ4v) is 2.17. The first-order valence-corrected chi connectivity index (χ1v) is 6.58. The summed E-state index contributed by atoms with van der Waals surface area (Å²) in [5.74, 6) is 0. The Morgan fingerprint density at radius 3 is 2.55 bits per heavy atom. The fraction of sp³-hybridized carbons (Fsp3) is 0.583. The first-order chi connectivity index (χ1) is 10.2. The lowest BCUT2D eigenvalue weighted by atomic mass is 10.3. The van der Waals surface area contributed by atoms with E-state index in [0.29, 0.717) is 17.5 Å². The predicted molar refractivity (Wildman–Crippen MR) is 71.6 cm³/mol. The second-order valence-corrected chi connectivity index (χ2v) is 4.92. The molecule has 0 aliphatic heterocycles. The number of aliphatic hydroxyl groups excluding tert-OH is 1. The Bertz CT molecular complexity index is 803. The van der Waals surface area contributed by atoms with Crippen molar-refractivity contribution in [2.45, 2.75) is 38.7 Å². The Hall–Kier alpha value is -2.10. The third-order valence-corrected chi connectivity index (χ3v) is 3.30. The average molecular weight is 320 g/mol. The fourth-order valence-electron chi connectivity index (χ4n) is 2.17. The lowest BCUT2D eigenvalue weighted by Gasteiger charge is -2.16. The van der Waals surface area contributed by atoms with Crippen molar-refractivity contribution < 1.29 is 18.3 Å². The van der Waals surface area contributed by atoms with Gasteiger partial charge in [0.1, 0.15) is 0 Å². The second-order valence-electron chi connectivity index (χ2n) is 4.92. The zero-order chi connectivity index (χ0) is 16.7. The molecule has 10 heteroatoms. The molecule has 0 unspecified atom stereocenters. The molecule has 2 aromatic rings. The van der Waals surface area contributed by atoms with Crippen molar-refractivity contribution in [2.24, 2.45) is 7.05 Å². The van der Waals surface area contributed by atoms with Crippen molar-refractivity contribution in [1.82, 2.24) is 18.7 Å². The monoisotopic (exact) mass is 320 g/mol. The van der Waals surface area contributed by atoms with Crippen LogP contribution in [0.4, 0.5) is 13.2 Å². The molecule has 0 spiro atoms. The molecule has 0 aliphatic rings. The first kappa shape index (κ1) is 16.3. The van der Waals surface area contributed by atoms with Gasteiger partial charge >= 0.3 is 11.9 Å². The summed E-state index contributed by atoms with van der Waals surface area (Å²) in [6.45, 7) is 1.15. The lowest BCUT2D eigenvalue weighted by molar-refractivity contribution is -0.207. The van der Waals surface area contributed by atoms with Crippen LogP contribution in [0.25, 0.3) is 11.2 Å². The Balaban J connectivity index is 2.67. The van der Waals surface area contributed by atoms with Gasteiger partial charge in [-0.15, -0.1) is 0 Å². The molecule has 0 saturated carbocycles. The van der Waals surface area contributed by atoms with Crippen molar-refractivity contribution in [2.75, 3.05) is 0 Å². The van der Waals surface area contributed by atoms with Crippen LogP contribution in [0.5, 0.6) is 0 Å². The Labute approximate surface area is 122 Å². The van der Waals surface area contributed by atoms with Gasteiger partial charge in [-0.05, 0) is 6.42 Å². The highest BCUT2D eigenvalue weighted by atomic mass is 19.4. The summed E-state index contributed by atoms with van der Waals surface area (Å²) in [4.78, 5) is 28.3. The molecule has 0 aliphatic carbocycles. The first-order valence-electron chi connectivity index (χ1n) is 6.58. The third-order valence-electron chi connectivity index (χ3n) is 3.30. The Kier molecular flexibility index (Phi) is 4.14. The highest BCUT2D eigenvalue weighted by Gasteiger charge is 2.39. The van der Waals surface area contributed by atoms with Gasteiger partial charge in [0.25, 0.3) is 5.56 Å². The van der Waals surface area contributed by atoms with E-state index in [1.165, 1.54) is 17.9 Å². The molecular weight excluding hydrogens is 305 g/mol. The highest BCUT2D eigenvalue weighted by Crippen LogP contribution is 2.20. The Morgan fingerprint density at radius 1 is 1.36 bits per heavy atom. The minimum absolute atomic E-state index is 0.0401. The Morgan fingerprint density at radius 2 is 2.00 bits per heavy atom. The molecule has 1 N–H and O–H groups in total. The molecule has 22 heavy (non-hydrogen) atoms. The van der Waals surface area contributed by atoms with Gasteiger partial charge in [0.2, 0.25) is 0 Å². The van der Waals surface area contributed by atoms with Gasteiger partial charge in [-0.2, -0.15) is 13.2 Å².